The largest absolute Gasteiger partial charge is 0.256 e. The Kier molecular flexibility index (Phi) is 14.1. The van der Waals surface area contributed by atoms with E-state index in [4.69, 9.17) is 0 Å². The first-order chi connectivity index (χ1) is 31.1. The first-order valence-electron chi connectivity index (χ1n) is 24.1. The molecule has 4 aliphatic rings. The Balaban J connectivity index is 1.09. The lowest BCUT2D eigenvalue weighted by Crippen LogP contribution is -2.37. The number of benzene rings is 6. The molecule has 0 spiro atoms. The van der Waals surface area contributed by atoms with E-state index in [2.05, 4.69) is 212 Å². The molecule has 0 bridgehead atoms. The molecule has 0 aromatic heterocycles. The second-order valence-corrected chi connectivity index (χ2v) is 29.1. The van der Waals surface area contributed by atoms with Crippen molar-refractivity contribution in [2.75, 3.05) is 6.54 Å². The van der Waals surface area contributed by atoms with Gasteiger partial charge in [0.15, 0.2) is 0 Å². The van der Waals surface area contributed by atoms with Crippen molar-refractivity contribution in [1.82, 2.24) is 8.88 Å². The number of unbranched alkanes of at least 4 members (excludes halogenated alkanes) is 1. The van der Waals surface area contributed by atoms with Gasteiger partial charge in [-0.15, -0.1) is 0 Å². The molecular formula is C57H66N2P4. The topological polar surface area (TPSA) is 6.48 Å². The van der Waals surface area contributed by atoms with Gasteiger partial charge in [-0.25, -0.2) is 0 Å². The highest BCUT2D eigenvalue weighted by Crippen LogP contribution is 2.85. The van der Waals surface area contributed by atoms with E-state index >= 15 is 0 Å². The summed E-state index contributed by atoms with van der Waals surface area (Å²) in [6.07, 6.45) is 10.5. The molecule has 6 heteroatoms. The van der Waals surface area contributed by atoms with E-state index in [1.807, 2.05) is 0 Å². The summed E-state index contributed by atoms with van der Waals surface area (Å²) in [6.45, 7) is 8.89. The van der Waals surface area contributed by atoms with Crippen molar-refractivity contribution in [3.05, 3.63) is 204 Å². The summed E-state index contributed by atoms with van der Waals surface area (Å²) >= 11 is 0. The summed E-state index contributed by atoms with van der Waals surface area (Å²) in [5.41, 5.74) is 10.2. The van der Waals surface area contributed by atoms with Crippen molar-refractivity contribution in [3.63, 3.8) is 0 Å². The minimum atomic E-state index is -0.740. The summed E-state index contributed by atoms with van der Waals surface area (Å²) in [5, 5.41) is 2.99. The monoisotopic (exact) mass is 902 g/mol. The van der Waals surface area contributed by atoms with E-state index in [-0.39, 0.29) is 8.07 Å². The first-order valence-corrected chi connectivity index (χ1v) is 29.7. The fourth-order valence-electron chi connectivity index (χ4n) is 12.3. The zero-order chi connectivity index (χ0) is 42.7. The summed E-state index contributed by atoms with van der Waals surface area (Å²) < 4.78 is 6.49. The Hall–Kier alpha value is -3.04. The first kappa shape index (κ1) is 43.8. The van der Waals surface area contributed by atoms with Crippen LogP contribution in [0.4, 0.5) is 0 Å². The lowest BCUT2D eigenvalue weighted by Gasteiger charge is -2.52. The zero-order valence-corrected chi connectivity index (χ0v) is 41.1. The van der Waals surface area contributed by atoms with E-state index in [0.29, 0.717) is 34.6 Å². The Bertz CT molecular complexity index is 2230. The molecule has 11 atom stereocenters. The highest BCUT2D eigenvalue weighted by molar-refractivity contribution is 7.79. The number of rotatable bonds is 13. The molecule has 0 N–H and O–H groups in total. The molecule has 63 heavy (non-hydrogen) atoms. The van der Waals surface area contributed by atoms with Crippen molar-refractivity contribution >= 4 is 42.9 Å². The molecule has 324 valence electrons. The fraction of sp³-hybridized carbons (Fsp3) is 0.368. The van der Waals surface area contributed by atoms with Gasteiger partial charge in [0.2, 0.25) is 0 Å². The maximum Gasteiger partial charge on any atom is 0.0318 e. The summed E-state index contributed by atoms with van der Waals surface area (Å²) in [5.74, 6) is 1.39. The highest BCUT2D eigenvalue weighted by Gasteiger charge is 2.59. The Labute approximate surface area is 384 Å². The molecule has 5 unspecified atom stereocenters. The number of hydrogen-bond acceptors (Lipinski definition) is 2. The van der Waals surface area contributed by atoms with Gasteiger partial charge in [0, 0.05) is 43.3 Å². The van der Waals surface area contributed by atoms with Crippen molar-refractivity contribution in [2.45, 2.75) is 112 Å². The van der Waals surface area contributed by atoms with Crippen LogP contribution in [0.3, 0.4) is 0 Å². The third-order valence-electron chi connectivity index (χ3n) is 15.0. The molecule has 6 aromatic carbocycles. The molecule has 0 radical (unpaired) electrons. The second-order valence-electron chi connectivity index (χ2n) is 18.7. The van der Waals surface area contributed by atoms with Crippen molar-refractivity contribution in [2.24, 2.45) is 11.8 Å². The molecule has 2 nitrogen and oxygen atoms in total. The molecule has 10 rings (SSSR count). The molecule has 0 aliphatic carbocycles. The van der Waals surface area contributed by atoms with E-state index in [0.717, 1.165) is 23.8 Å². The van der Waals surface area contributed by atoms with Crippen molar-refractivity contribution in [3.8, 4) is 0 Å². The van der Waals surface area contributed by atoms with Crippen LogP contribution >= 0.6 is 32.3 Å². The minimum Gasteiger partial charge on any atom is -0.256 e. The van der Waals surface area contributed by atoms with Crippen LogP contribution in [0.2, 0.25) is 0 Å². The van der Waals surface area contributed by atoms with Crippen LogP contribution < -0.4 is 10.6 Å². The van der Waals surface area contributed by atoms with Gasteiger partial charge in [0.05, 0.1) is 0 Å². The SMILES string of the molecule is CCCCN(P(c1ccccc1)c1ccccc1)P1[C@H](c2ccccc2)C(C2C[C@@H](C)P3[C@@H]2CCC(C)N3P2[C@H](c3ccccc3)CC[C@H]2c2ccccc2)C[C@H]1c1ccccc1. The van der Waals surface area contributed by atoms with Gasteiger partial charge in [0.25, 0.3) is 0 Å². The molecule has 4 fully saturated rings. The fourth-order valence-corrected chi connectivity index (χ4v) is 29.6. The minimum absolute atomic E-state index is 0.304. The van der Waals surface area contributed by atoms with Crippen LogP contribution in [-0.4, -0.2) is 32.8 Å². The average molecular weight is 903 g/mol. The normalized spacial score (nSPS) is 30.0. The van der Waals surface area contributed by atoms with Gasteiger partial charge in [-0.1, -0.05) is 202 Å². The maximum absolute atomic E-state index is 3.33. The quantitative estimate of drug-likeness (QED) is 0.107. The Morgan fingerprint density at radius 3 is 1.46 bits per heavy atom. The second kappa shape index (κ2) is 20.2. The number of fused-ring (bicyclic) bond motifs is 1. The van der Waals surface area contributed by atoms with Gasteiger partial charge >= 0.3 is 0 Å². The van der Waals surface area contributed by atoms with E-state index in [9.17, 15) is 0 Å². The smallest absolute Gasteiger partial charge is 0.0318 e. The van der Waals surface area contributed by atoms with Gasteiger partial charge in [-0.3, -0.25) is 8.88 Å². The van der Waals surface area contributed by atoms with Crippen LogP contribution in [0.5, 0.6) is 0 Å². The molecule has 4 aliphatic heterocycles. The van der Waals surface area contributed by atoms with E-state index < -0.39 is 24.2 Å². The van der Waals surface area contributed by atoms with E-state index in [1.165, 1.54) is 62.0 Å². The third kappa shape index (κ3) is 8.86. The Morgan fingerprint density at radius 1 is 0.508 bits per heavy atom. The molecule has 4 saturated heterocycles. The molecule has 6 aromatic rings. The van der Waals surface area contributed by atoms with Crippen molar-refractivity contribution in [1.29, 1.82) is 0 Å². The van der Waals surface area contributed by atoms with Crippen LogP contribution in [0.1, 0.15) is 117 Å². The number of hydrogen-bond donors (Lipinski definition) is 0. The van der Waals surface area contributed by atoms with Gasteiger partial charge < -0.3 is 0 Å². The Morgan fingerprint density at radius 2 is 0.968 bits per heavy atom. The third-order valence-corrected chi connectivity index (χ3v) is 29.3. The lowest BCUT2D eigenvalue weighted by molar-refractivity contribution is 0.283. The summed E-state index contributed by atoms with van der Waals surface area (Å²) in [6, 6.07) is 71.4. The maximum atomic E-state index is 3.33. The number of nitrogens with zero attached hydrogens (tertiary/aromatic N) is 2. The molecular weight excluding hydrogens is 837 g/mol. The molecule has 4 heterocycles. The van der Waals surface area contributed by atoms with Crippen LogP contribution in [0.25, 0.3) is 0 Å². The zero-order valence-electron chi connectivity index (χ0n) is 37.6. The summed E-state index contributed by atoms with van der Waals surface area (Å²) in [7, 11) is -2.07. The van der Waals surface area contributed by atoms with Crippen LogP contribution in [-0.2, 0) is 0 Å². The van der Waals surface area contributed by atoms with Crippen molar-refractivity contribution < 1.29 is 0 Å². The lowest BCUT2D eigenvalue weighted by atomic mass is 9.77. The predicted molar refractivity (Wildman–Crippen MR) is 277 cm³/mol. The standard InChI is InChI=1S/C57H66N2P4/c1-4-5-40-58(61(49-32-20-10-21-33-49)50-34-22-11-23-35-50)63-56(47-28-16-8-17-29-47)42-52(57(63)48-30-18-9-19-31-48)51-41-44(3)60-55(51)37-36-43(2)59(60)62-53(45-24-12-6-13-25-45)38-39-54(62)46-26-14-7-15-27-46/h6-35,43-44,51-57H,4-5,36-42H2,1-3H3/t43?,44-,51?,52?,53+,54+,55-,56+,57-,60?,63?/m1/s1. The van der Waals surface area contributed by atoms with Crippen LogP contribution in [0, 0.1) is 11.8 Å². The average Bonchev–Trinajstić information content (AvgIpc) is 4.06. The van der Waals surface area contributed by atoms with Gasteiger partial charge in [-0.2, -0.15) is 0 Å². The van der Waals surface area contributed by atoms with E-state index in [1.54, 1.807) is 22.3 Å². The van der Waals surface area contributed by atoms with Gasteiger partial charge in [-0.05, 0) is 132 Å². The molecule has 0 saturated carbocycles. The summed E-state index contributed by atoms with van der Waals surface area (Å²) in [4.78, 5) is 0. The highest BCUT2D eigenvalue weighted by atomic mass is 31.2. The predicted octanol–water partition coefficient (Wildman–Crippen LogP) is 16.4. The molecule has 0 amide bonds. The van der Waals surface area contributed by atoms with Crippen LogP contribution in [0.15, 0.2) is 182 Å². The van der Waals surface area contributed by atoms with Gasteiger partial charge in [0.1, 0.15) is 0 Å².